The summed E-state index contributed by atoms with van der Waals surface area (Å²) in [6.07, 6.45) is 14.2. The van der Waals surface area contributed by atoms with Crippen LogP contribution in [0.5, 0.6) is 18.0 Å². The normalized spacial score (nSPS) is 21.9. The number of anilines is 6. The van der Waals surface area contributed by atoms with Gasteiger partial charge in [-0.25, -0.2) is 0 Å². The van der Waals surface area contributed by atoms with Gasteiger partial charge in [-0.15, -0.1) is 0 Å². The van der Waals surface area contributed by atoms with Gasteiger partial charge < -0.3 is 67.9 Å². The number of ether oxygens (including phenoxy) is 4. The average Bonchev–Trinajstić information content (AvgIpc) is 1.74. The molecule has 0 aliphatic carbocycles. The second-order valence-corrected chi connectivity index (χ2v) is 37.2. The van der Waals surface area contributed by atoms with Crippen molar-refractivity contribution in [3.05, 3.63) is 195 Å². The smallest absolute Gasteiger partial charge is 0.318 e. The van der Waals surface area contributed by atoms with Crippen LogP contribution in [0.25, 0.3) is 32.3 Å². The summed E-state index contributed by atoms with van der Waals surface area (Å²) in [7, 11) is 8.04. The van der Waals surface area contributed by atoms with E-state index in [1.165, 1.54) is 68.6 Å². The van der Waals surface area contributed by atoms with E-state index in [9.17, 15) is 40.7 Å². The molecule has 133 heavy (non-hydrogen) atoms. The minimum Gasteiger partial charge on any atom is -0.462 e. The molecule has 12 heterocycles. The van der Waals surface area contributed by atoms with Crippen molar-refractivity contribution in [3.63, 3.8) is 0 Å². The molecule has 6 saturated heterocycles. The van der Waals surface area contributed by atoms with Crippen LogP contribution in [0, 0.1) is 70.5 Å². The van der Waals surface area contributed by atoms with Crippen LogP contribution < -0.4 is 43.6 Å². The van der Waals surface area contributed by atoms with Crippen LogP contribution in [0.3, 0.4) is 0 Å². The molecule has 0 spiro atoms. The Balaban J connectivity index is 0.600. The van der Waals surface area contributed by atoms with E-state index in [4.69, 9.17) is 60.5 Å². The van der Waals surface area contributed by atoms with E-state index in [1.807, 2.05) is 24.3 Å². The summed E-state index contributed by atoms with van der Waals surface area (Å²) in [4.78, 5) is 98.4. The molecule has 30 nitrogen and oxygen atoms in total. The van der Waals surface area contributed by atoms with E-state index in [-0.39, 0.29) is 85.0 Å². The van der Waals surface area contributed by atoms with Crippen LogP contribution in [0.1, 0.15) is 113 Å². The summed E-state index contributed by atoms with van der Waals surface area (Å²) < 4.78 is 25.7. The fourth-order valence-electron chi connectivity index (χ4n) is 21.9. The van der Waals surface area contributed by atoms with E-state index < -0.39 is 12.1 Å². The number of methoxy groups -OCH3 is 1. The van der Waals surface area contributed by atoms with Crippen LogP contribution >= 0.6 is 11.6 Å². The number of halogens is 1. The second kappa shape index (κ2) is 40.1. The van der Waals surface area contributed by atoms with Gasteiger partial charge in [-0.2, -0.15) is 56.2 Å². The third-order valence-corrected chi connectivity index (χ3v) is 29.2. The lowest BCUT2D eigenvalue weighted by Gasteiger charge is -2.42. The average molecular weight is 1810 g/mol. The van der Waals surface area contributed by atoms with Gasteiger partial charge in [0.2, 0.25) is 17.7 Å². The third-order valence-electron chi connectivity index (χ3n) is 28.8. The van der Waals surface area contributed by atoms with E-state index in [0.29, 0.717) is 148 Å². The molecule has 9 aliphatic heterocycles. The largest absolute Gasteiger partial charge is 0.462 e. The van der Waals surface area contributed by atoms with Crippen LogP contribution in [0.15, 0.2) is 134 Å². The van der Waals surface area contributed by atoms with Gasteiger partial charge in [-0.3, -0.25) is 24.2 Å². The fraction of sp³-hybridized carbons (Fsp3) is 0.451. The number of benzene rings is 6. The molecule has 2 unspecified atom stereocenters. The standard InChI is InChI=1S/C102H112ClN23O7/c1-66-15-7-17-68-18-10-23-88(94(66)68)118-41-32-81-85(60-118)109-102(114-97(81)121-44-47-124(73(57-121)29-37-106)91(127)24-11-35-104)133-65-78-53-72(56-117(78)5)79-27-28-89(95-67(2)16-8-21-80(79)95)119-42-33-82-86(61-119)110-101(113-98(82)122-45-48-125(74(58-122)30-38-107)92(128)25-12-36-105)132-64-77-52-71(55-116(77)4)70-51-69-19-9-22-84(103)96(69)90(54-70)120-43-34-83-87(62-120)111-100(131-63-76-20-13-40-115(76)3)112-99(83)123-46-49-126(75(59-123)31-39-108)93(129)26-14-50-130-6/h7-12,14-19,21-28,51,54,71-78H,13,20,29-34,40-50,52-53,55-65H2,1-6H3/b24-11+,25-12-,26-14+/t71?,72?,73-,74-,75-,76-,77-,78-/m0/s1. The predicted molar refractivity (Wildman–Crippen MR) is 511 cm³/mol. The van der Waals surface area contributed by atoms with Gasteiger partial charge in [0.1, 0.15) is 37.3 Å². The lowest BCUT2D eigenvalue weighted by molar-refractivity contribution is -0.129. The molecule has 9 aliphatic rings. The molecule has 9 aromatic rings. The van der Waals surface area contributed by atoms with Gasteiger partial charge in [-0.1, -0.05) is 90.5 Å². The molecular weight excluding hydrogens is 1690 g/mol. The Bertz CT molecular complexity index is 6270. The SMILES string of the molecule is COC/C=C/C(=O)N1CCN(c2nc(OC[C@@H]3CCCN3C)nc3c2CCN(c2cc(C4C[C@@H](COc5nc6c(c(N7CCN(C(=O)/C=C\C#N)[C@@H](CC#N)C7)n5)CCN(c5ccc(C7C[C@@H](COc8nc9c(c(N%10CCN(C(=O)/C=C/C#N)[C@@H](CC#N)C%10)n8)CCN(c8cccc%10cccc(C)c8%10)C9)N(C)C7)c7cccc(C)c57)C6)N(C)C4)cc4cccc(Cl)c24)C3)C[C@@H]1CC#N. The van der Waals surface area contributed by atoms with Crippen molar-refractivity contribution in [2.45, 2.75) is 146 Å². The first-order valence-corrected chi connectivity index (χ1v) is 46.9. The van der Waals surface area contributed by atoms with E-state index >= 15 is 0 Å². The number of fused-ring (bicyclic) bond motifs is 6. The molecule has 0 radical (unpaired) electrons. The number of allylic oxidation sites excluding steroid dienone is 2. The molecule has 6 fully saturated rings. The van der Waals surface area contributed by atoms with Crippen molar-refractivity contribution in [1.82, 2.24) is 59.3 Å². The molecule has 0 N–H and O–H groups in total. The molecule has 3 amide bonds. The predicted octanol–water partition coefficient (Wildman–Crippen LogP) is 11.8. The van der Waals surface area contributed by atoms with Crippen LogP contribution in [0.2, 0.25) is 5.02 Å². The van der Waals surface area contributed by atoms with Crippen molar-refractivity contribution in [2.75, 3.05) is 182 Å². The Kier molecular flexibility index (Phi) is 27.2. The number of likely N-dealkylation sites (tertiary alicyclic amines) is 3. The number of nitrogens with zero attached hydrogens (tertiary/aromatic N) is 23. The van der Waals surface area contributed by atoms with Crippen molar-refractivity contribution in [3.8, 4) is 48.4 Å². The highest BCUT2D eigenvalue weighted by molar-refractivity contribution is 6.36. The van der Waals surface area contributed by atoms with Crippen LogP contribution in [0.4, 0.5) is 34.5 Å². The highest BCUT2D eigenvalue weighted by Crippen LogP contribution is 2.46. The topological polar surface area (TPSA) is 323 Å². The van der Waals surface area contributed by atoms with Crippen molar-refractivity contribution < 1.29 is 33.3 Å². The van der Waals surface area contributed by atoms with Gasteiger partial charge in [0.05, 0.1) is 116 Å². The molecule has 684 valence electrons. The number of hydrogen-bond acceptors (Lipinski definition) is 27. The lowest BCUT2D eigenvalue weighted by Crippen LogP contribution is -2.55. The summed E-state index contributed by atoms with van der Waals surface area (Å²) in [6, 6.07) is 45.5. The van der Waals surface area contributed by atoms with Crippen molar-refractivity contribution in [2.24, 2.45) is 0 Å². The first kappa shape index (κ1) is 90.3. The fourth-order valence-corrected chi connectivity index (χ4v) is 22.2. The lowest BCUT2D eigenvalue weighted by atomic mass is 9.89. The molecule has 0 saturated carbocycles. The summed E-state index contributed by atoms with van der Waals surface area (Å²) in [5, 5.41) is 56.6. The summed E-state index contributed by atoms with van der Waals surface area (Å²) in [5.41, 5.74) is 13.7. The van der Waals surface area contributed by atoms with Gasteiger partial charge in [0.15, 0.2) is 0 Å². The van der Waals surface area contributed by atoms with Crippen LogP contribution in [-0.4, -0.2) is 266 Å². The van der Waals surface area contributed by atoms with Gasteiger partial charge >= 0.3 is 18.0 Å². The van der Waals surface area contributed by atoms with Gasteiger partial charge in [0, 0.05) is 197 Å². The molecule has 6 aromatic carbocycles. The number of likely N-dealkylation sites (N-methyl/N-ethyl adjacent to an activating group) is 3. The molecule has 8 atom stereocenters. The number of nitriles is 5. The zero-order valence-corrected chi connectivity index (χ0v) is 77.2. The van der Waals surface area contributed by atoms with Gasteiger partial charge in [0.25, 0.3) is 0 Å². The molecule has 3 aromatic heterocycles. The monoisotopic (exact) mass is 1810 g/mol. The molecule has 0 bridgehead atoms. The number of aryl methyl sites for hydroxylation is 2. The number of hydrogen-bond donors (Lipinski definition) is 0. The summed E-state index contributed by atoms with van der Waals surface area (Å²) in [5.74, 6) is 1.77. The highest BCUT2D eigenvalue weighted by Gasteiger charge is 2.42. The van der Waals surface area contributed by atoms with E-state index in [1.54, 1.807) is 27.9 Å². The molecule has 31 heteroatoms. The van der Waals surface area contributed by atoms with E-state index in [2.05, 4.69) is 182 Å². The number of amides is 3. The quantitative estimate of drug-likeness (QED) is 0.0379. The van der Waals surface area contributed by atoms with Gasteiger partial charge in [-0.05, 0) is 161 Å². The number of aromatic nitrogens is 6. The van der Waals surface area contributed by atoms with Crippen LogP contribution in [-0.2, 0) is 58.0 Å². The summed E-state index contributed by atoms with van der Waals surface area (Å²) >= 11 is 7.33. The maximum Gasteiger partial charge on any atom is 0.318 e. The maximum atomic E-state index is 13.7. The minimum atomic E-state index is -0.472. The third kappa shape index (κ3) is 18.9. The first-order chi connectivity index (χ1) is 64.8. The van der Waals surface area contributed by atoms with E-state index in [0.717, 1.165) is 136 Å². The Morgan fingerprint density at radius 2 is 0.910 bits per heavy atom. The Hall–Kier alpha value is -13.3. The Morgan fingerprint density at radius 3 is 1.41 bits per heavy atom. The minimum absolute atomic E-state index is 0.0142. The molecular formula is C102H112ClN23O7. The van der Waals surface area contributed by atoms with Crippen molar-refractivity contribution in [1.29, 1.82) is 26.3 Å². The zero-order valence-electron chi connectivity index (χ0n) is 76.5. The number of piperazine rings is 3. The van der Waals surface area contributed by atoms with Crippen molar-refractivity contribution >= 4 is 96.2 Å². The Labute approximate surface area is 781 Å². The number of carbonyl (C=O) groups is 3. The number of carbonyl (C=O) groups excluding carboxylic acids is 3. The maximum absolute atomic E-state index is 13.7. The second-order valence-electron chi connectivity index (χ2n) is 36.8. The molecule has 18 rings (SSSR count). The highest BCUT2D eigenvalue weighted by atomic mass is 35.5. The first-order valence-electron chi connectivity index (χ1n) is 46.6. The summed E-state index contributed by atoms with van der Waals surface area (Å²) in [6.45, 7) is 15.5. The Morgan fingerprint density at radius 1 is 0.451 bits per heavy atom. The zero-order chi connectivity index (χ0) is 92.1. The number of rotatable bonds is 25.